The maximum Gasteiger partial charge on any atom is 0.0992 e. The third-order valence-corrected chi connectivity index (χ3v) is 0.354. The van der Waals surface area contributed by atoms with Crippen molar-refractivity contribution in [1.29, 1.82) is 0 Å². The Balaban J connectivity index is 0. The molecule has 0 aliphatic carbocycles. The summed E-state index contributed by atoms with van der Waals surface area (Å²) >= 11 is 14.7. The van der Waals surface area contributed by atoms with E-state index in [9.17, 15) is 0 Å². The number of allylic oxidation sites excluding steroid dienone is 2. The molecule has 0 rings (SSSR count). The van der Waals surface area contributed by atoms with Crippen LogP contribution in [0.2, 0.25) is 0 Å². The van der Waals surface area contributed by atoms with Gasteiger partial charge in [-0.25, -0.2) is 0 Å². The SMILES string of the molecule is C=C(Cl)Cl.C=CC=CCl. The van der Waals surface area contributed by atoms with E-state index in [2.05, 4.69) is 13.2 Å². The fourth-order valence-electron chi connectivity index (χ4n) is 0.0514. The number of halogens is 3. The minimum Gasteiger partial charge on any atom is -0.0990 e. The molecule has 0 atom stereocenters. The van der Waals surface area contributed by atoms with Gasteiger partial charge in [0, 0.05) is 5.54 Å². The Bertz CT molecular complexity index is 101. The zero-order chi connectivity index (χ0) is 7.70. The molecule has 9 heavy (non-hydrogen) atoms. The molecular formula is C6H7Cl3. The topological polar surface area (TPSA) is 0 Å². The minimum atomic E-state index is 0.111. The minimum absolute atomic E-state index is 0.111. The van der Waals surface area contributed by atoms with E-state index < -0.39 is 0 Å². The molecule has 0 radical (unpaired) electrons. The van der Waals surface area contributed by atoms with Gasteiger partial charge in [0.25, 0.3) is 0 Å². The van der Waals surface area contributed by atoms with E-state index in [0.717, 1.165) is 0 Å². The Labute approximate surface area is 70.4 Å². The van der Waals surface area contributed by atoms with Crippen LogP contribution in [0.3, 0.4) is 0 Å². The van der Waals surface area contributed by atoms with E-state index >= 15 is 0 Å². The summed E-state index contributed by atoms with van der Waals surface area (Å²) in [5.41, 5.74) is 1.41. The Kier molecular flexibility index (Phi) is 14.4. The molecule has 0 aliphatic heterocycles. The van der Waals surface area contributed by atoms with Crippen molar-refractivity contribution in [2.45, 2.75) is 0 Å². The maximum absolute atomic E-state index is 5.05. The van der Waals surface area contributed by atoms with Crippen LogP contribution in [0, 0.1) is 0 Å². The summed E-state index contributed by atoms with van der Waals surface area (Å²) in [7, 11) is 0. The summed E-state index contributed by atoms with van der Waals surface area (Å²) in [6.07, 6.45) is 3.27. The molecule has 3 heteroatoms. The van der Waals surface area contributed by atoms with Gasteiger partial charge < -0.3 is 0 Å². The average Bonchev–Trinajstić information content (AvgIpc) is 1.66. The van der Waals surface area contributed by atoms with Crippen molar-refractivity contribution in [2.75, 3.05) is 0 Å². The molecule has 0 nitrogen and oxygen atoms in total. The fourth-order valence-corrected chi connectivity index (χ4v) is 0.154. The smallest absolute Gasteiger partial charge is 0.0990 e. The first-order valence-electron chi connectivity index (χ1n) is 2.02. The highest BCUT2D eigenvalue weighted by molar-refractivity contribution is 6.55. The van der Waals surface area contributed by atoms with Crippen LogP contribution in [0.4, 0.5) is 0 Å². The number of hydrogen-bond acceptors (Lipinski definition) is 0. The van der Waals surface area contributed by atoms with Gasteiger partial charge in [-0.15, -0.1) is 0 Å². The van der Waals surface area contributed by atoms with Crippen LogP contribution in [0.5, 0.6) is 0 Å². The molecule has 0 aromatic heterocycles. The zero-order valence-corrected chi connectivity index (χ0v) is 7.05. The van der Waals surface area contributed by atoms with Crippen molar-refractivity contribution in [2.24, 2.45) is 0 Å². The number of hydrogen-bond donors (Lipinski definition) is 0. The molecule has 52 valence electrons. The van der Waals surface area contributed by atoms with Crippen LogP contribution in [0.15, 0.2) is 35.3 Å². The zero-order valence-electron chi connectivity index (χ0n) is 4.78. The molecule has 0 aromatic rings. The molecule has 0 unspecified atom stereocenters. The van der Waals surface area contributed by atoms with Crippen molar-refractivity contribution >= 4 is 34.8 Å². The molecular weight excluding hydrogens is 178 g/mol. The van der Waals surface area contributed by atoms with Gasteiger partial charge in [0.2, 0.25) is 0 Å². The maximum atomic E-state index is 5.05. The first-order chi connectivity index (χ1) is 4.15. The predicted octanol–water partition coefficient (Wildman–Crippen LogP) is 3.86. The monoisotopic (exact) mass is 184 g/mol. The summed E-state index contributed by atoms with van der Waals surface area (Å²) in [4.78, 5) is 0. The van der Waals surface area contributed by atoms with Crippen molar-refractivity contribution < 1.29 is 0 Å². The van der Waals surface area contributed by atoms with Gasteiger partial charge in [-0.2, -0.15) is 0 Å². The van der Waals surface area contributed by atoms with Crippen LogP contribution >= 0.6 is 34.8 Å². The normalized spacial score (nSPS) is 7.89. The largest absolute Gasteiger partial charge is 0.0992 e. The van der Waals surface area contributed by atoms with Gasteiger partial charge in [0.05, 0.1) is 4.49 Å². The second-order valence-corrected chi connectivity index (χ2v) is 2.25. The molecule has 0 amide bonds. The Morgan fingerprint density at radius 2 is 1.67 bits per heavy atom. The summed E-state index contributed by atoms with van der Waals surface area (Å²) < 4.78 is 0.111. The van der Waals surface area contributed by atoms with Gasteiger partial charge in [-0.05, 0) is 0 Å². The second kappa shape index (κ2) is 11.0. The van der Waals surface area contributed by atoms with Gasteiger partial charge >= 0.3 is 0 Å². The summed E-state index contributed by atoms with van der Waals surface area (Å²) in [5.74, 6) is 0. The van der Waals surface area contributed by atoms with Gasteiger partial charge in [0.1, 0.15) is 0 Å². The highest BCUT2D eigenvalue weighted by Crippen LogP contribution is 1.98. The standard InChI is InChI=1S/C4H5Cl.C2H2Cl2/c1-2-3-4-5;1-2(3)4/h2-4H,1H2;1H2. The Morgan fingerprint density at radius 3 is 1.67 bits per heavy atom. The fraction of sp³-hybridized carbons (Fsp3) is 0. The van der Waals surface area contributed by atoms with Crippen molar-refractivity contribution in [3.05, 3.63) is 35.3 Å². The lowest BCUT2D eigenvalue weighted by atomic mass is 10.6. The molecule has 0 aromatic carbocycles. The van der Waals surface area contributed by atoms with Gasteiger partial charge in [0.15, 0.2) is 0 Å². The van der Waals surface area contributed by atoms with Crippen LogP contribution in [0.25, 0.3) is 0 Å². The molecule has 0 fully saturated rings. The van der Waals surface area contributed by atoms with Crippen molar-refractivity contribution in [1.82, 2.24) is 0 Å². The summed E-state index contributed by atoms with van der Waals surface area (Å²) in [6, 6.07) is 0. The average molecular weight is 185 g/mol. The molecule has 0 spiro atoms. The van der Waals surface area contributed by atoms with E-state index in [4.69, 9.17) is 34.8 Å². The van der Waals surface area contributed by atoms with E-state index in [0.29, 0.717) is 0 Å². The van der Waals surface area contributed by atoms with E-state index in [-0.39, 0.29) is 4.49 Å². The molecule has 0 aliphatic rings. The van der Waals surface area contributed by atoms with Gasteiger partial charge in [-0.1, -0.05) is 60.1 Å². The molecule has 0 heterocycles. The Hall–Kier alpha value is 0.0900. The lowest BCUT2D eigenvalue weighted by molar-refractivity contribution is 2.11. The quantitative estimate of drug-likeness (QED) is 0.544. The number of rotatable bonds is 1. The van der Waals surface area contributed by atoms with Crippen LogP contribution in [0.1, 0.15) is 0 Å². The second-order valence-electron chi connectivity index (χ2n) is 0.893. The molecule has 0 bridgehead atoms. The third-order valence-electron chi connectivity index (χ3n) is 0.209. The highest BCUT2D eigenvalue weighted by Gasteiger charge is 1.60. The summed E-state index contributed by atoms with van der Waals surface area (Å²) in [5, 5.41) is 0. The first-order valence-corrected chi connectivity index (χ1v) is 3.22. The van der Waals surface area contributed by atoms with E-state index in [1.165, 1.54) is 5.54 Å². The molecule has 0 N–H and O–H groups in total. The Morgan fingerprint density at radius 1 is 1.33 bits per heavy atom. The summed E-state index contributed by atoms with van der Waals surface area (Å²) in [6.45, 7) is 6.47. The third kappa shape index (κ3) is 68.7. The van der Waals surface area contributed by atoms with E-state index in [1.54, 1.807) is 12.2 Å². The highest BCUT2D eigenvalue weighted by atomic mass is 35.5. The van der Waals surface area contributed by atoms with Crippen molar-refractivity contribution in [3.8, 4) is 0 Å². The van der Waals surface area contributed by atoms with Crippen LogP contribution in [-0.2, 0) is 0 Å². The lowest BCUT2D eigenvalue weighted by Crippen LogP contribution is -1.29. The molecule has 0 saturated carbocycles. The van der Waals surface area contributed by atoms with Gasteiger partial charge in [-0.3, -0.25) is 0 Å². The predicted molar refractivity (Wildman–Crippen MR) is 46.0 cm³/mol. The first kappa shape index (κ1) is 11.8. The van der Waals surface area contributed by atoms with Crippen molar-refractivity contribution in [3.63, 3.8) is 0 Å². The van der Waals surface area contributed by atoms with E-state index in [1.807, 2.05) is 0 Å². The van der Waals surface area contributed by atoms with Crippen LogP contribution < -0.4 is 0 Å². The molecule has 0 saturated heterocycles. The van der Waals surface area contributed by atoms with Crippen LogP contribution in [-0.4, -0.2) is 0 Å². The lowest BCUT2D eigenvalue weighted by Gasteiger charge is -1.57.